The SMILES string of the molecule is CC[C@H](C)N=C1NC(=O)[C@H](CC(=O)Nc2ccccc2OC)S1. The highest BCUT2D eigenvalue weighted by atomic mass is 32.2. The van der Waals surface area contributed by atoms with Crippen molar-refractivity contribution in [2.24, 2.45) is 4.99 Å². The van der Waals surface area contributed by atoms with Crippen molar-refractivity contribution in [1.29, 1.82) is 0 Å². The van der Waals surface area contributed by atoms with E-state index in [2.05, 4.69) is 15.6 Å². The van der Waals surface area contributed by atoms with E-state index in [1.54, 1.807) is 19.2 Å². The molecule has 1 saturated heterocycles. The molecule has 2 atom stereocenters. The van der Waals surface area contributed by atoms with Crippen molar-refractivity contribution in [3.8, 4) is 5.75 Å². The van der Waals surface area contributed by atoms with E-state index >= 15 is 0 Å². The summed E-state index contributed by atoms with van der Waals surface area (Å²) >= 11 is 1.31. The first-order valence-corrected chi connectivity index (χ1v) is 8.39. The van der Waals surface area contributed by atoms with E-state index in [4.69, 9.17) is 4.74 Å². The highest BCUT2D eigenvalue weighted by Crippen LogP contribution is 2.26. The largest absolute Gasteiger partial charge is 0.495 e. The molecule has 0 spiro atoms. The Balaban J connectivity index is 1.95. The number of nitrogens with one attached hydrogen (secondary N) is 2. The third-order valence-electron chi connectivity index (χ3n) is 3.46. The Kier molecular flexibility index (Phi) is 6.04. The molecule has 6 nitrogen and oxygen atoms in total. The second kappa shape index (κ2) is 8.01. The molecule has 1 aliphatic rings. The first-order valence-electron chi connectivity index (χ1n) is 7.51. The average molecular weight is 335 g/mol. The molecular weight excluding hydrogens is 314 g/mol. The number of amides is 2. The van der Waals surface area contributed by atoms with Crippen LogP contribution in [0.2, 0.25) is 0 Å². The molecule has 2 N–H and O–H groups in total. The van der Waals surface area contributed by atoms with E-state index in [0.29, 0.717) is 16.6 Å². The molecule has 0 unspecified atom stereocenters. The number of amidine groups is 1. The van der Waals surface area contributed by atoms with Crippen LogP contribution in [0.25, 0.3) is 0 Å². The molecule has 0 aromatic heterocycles. The first kappa shape index (κ1) is 17.3. The van der Waals surface area contributed by atoms with Crippen molar-refractivity contribution < 1.29 is 14.3 Å². The molecule has 0 saturated carbocycles. The standard InChI is InChI=1S/C16H21N3O3S/c1-4-10(2)17-16-19-15(21)13(23-16)9-14(20)18-11-7-5-6-8-12(11)22-3/h5-8,10,13H,4,9H2,1-3H3,(H,18,20)(H,17,19,21)/t10-,13-/m0/s1. The molecule has 0 bridgehead atoms. The van der Waals surface area contributed by atoms with Crippen molar-refractivity contribution in [3.05, 3.63) is 24.3 Å². The number of para-hydroxylation sites is 2. The fourth-order valence-electron chi connectivity index (χ4n) is 2.01. The van der Waals surface area contributed by atoms with E-state index < -0.39 is 5.25 Å². The summed E-state index contributed by atoms with van der Waals surface area (Å²) in [6, 6.07) is 7.31. The minimum Gasteiger partial charge on any atom is -0.495 e. The number of carbonyl (C=O) groups excluding carboxylic acids is 2. The van der Waals surface area contributed by atoms with Gasteiger partial charge in [0.25, 0.3) is 0 Å². The Labute approximate surface area is 140 Å². The maximum absolute atomic E-state index is 12.2. The molecule has 0 aliphatic carbocycles. The van der Waals surface area contributed by atoms with Gasteiger partial charge in [-0.25, -0.2) is 0 Å². The molecule has 2 rings (SSSR count). The minimum atomic E-state index is -0.451. The summed E-state index contributed by atoms with van der Waals surface area (Å²) in [6.07, 6.45) is 0.993. The molecule has 1 aromatic rings. The van der Waals surface area contributed by atoms with E-state index in [1.165, 1.54) is 11.8 Å². The quantitative estimate of drug-likeness (QED) is 0.837. The van der Waals surface area contributed by atoms with Gasteiger partial charge in [0.05, 0.1) is 12.8 Å². The summed E-state index contributed by atoms with van der Waals surface area (Å²) in [4.78, 5) is 28.5. The number of aliphatic imine (C=N–C) groups is 1. The zero-order valence-corrected chi connectivity index (χ0v) is 14.3. The van der Waals surface area contributed by atoms with Crippen LogP contribution in [0.15, 0.2) is 29.3 Å². The summed E-state index contributed by atoms with van der Waals surface area (Å²) in [6.45, 7) is 4.02. The number of benzene rings is 1. The fourth-order valence-corrected chi connectivity index (χ4v) is 3.08. The Bertz CT molecular complexity index is 618. The van der Waals surface area contributed by atoms with Crippen LogP contribution in [-0.4, -0.2) is 35.4 Å². The molecule has 1 fully saturated rings. The number of thioether (sulfide) groups is 1. The number of methoxy groups -OCH3 is 1. The molecular formula is C16H21N3O3S. The lowest BCUT2D eigenvalue weighted by atomic mass is 10.2. The molecule has 23 heavy (non-hydrogen) atoms. The third-order valence-corrected chi connectivity index (χ3v) is 4.55. The Morgan fingerprint density at radius 2 is 2.22 bits per heavy atom. The minimum absolute atomic E-state index is 0.0913. The van der Waals surface area contributed by atoms with Gasteiger partial charge in [-0.3, -0.25) is 14.6 Å². The fraction of sp³-hybridized carbons (Fsp3) is 0.438. The van der Waals surface area contributed by atoms with Crippen LogP contribution in [0.5, 0.6) is 5.75 Å². The van der Waals surface area contributed by atoms with E-state index in [1.807, 2.05) is 26.0 Å². The predicted octanol–water partition coefficient (Wildman–Crippen LogP) is 2.41. The van der Waals surface area contributed by atoms with Crippen molar-refractivity contribution in [2.45, 2.75) is 38.0 Å². The van der Waals surface area contributed by atoms with Gasteiger partial charge < -0.3 is 15.4 Å². The predicted molar refractivity (Wildman–Crippen MR) is 93.0 cm³/mol. The van der Waals surface area contributed by atoms with Gasteiger partial charge in [0.15, 0.2) is 5.17 Å². The van der Waals surface area contributed by atoms with Crippen molar-refractivity contribution in [1.82, 2.24) is 5.32 Å². The number of anilines is 1. The van der Waals surface area contributed by atoms with Crippen LogP contribution in [0.1, 0.15) is 26.7 Å². The molecule has 0 radical (unpaired) electrons. The van der Waals surface area contributed by atoms with Gasteiger partial charge in [-0.05, 0) is 25.5 Å². The van der Waals surface area contributed by atoms with Crippen molar-refractivity contribution in [3.63, 3.8) is 0 Å². The molecule has 124 valence electrons. The highest BCUT2D eigenvalue weighted by Gasteiger charge is 2.32. The normalized spacial score (nSPS) is 20.2. The summed E-state index contributed by atoms with van der Waals surface area (Å²) in [5, 5.41) is 5.65. The van der Waals surface area contributed by atoms with Crippen LogP contribution in [0.3, 0.4) is 0 Å². The number of carbonyl (C=O) groups is 2. The third kappa shape index (κ3) is 4.72. The Morgan fingerprint density at radius 1 is 1.48 bits per heavy atom. The molecule has 2 amide bonds. The molecule has 7 heteroatoms. The van der Waals surface area contributed by atoms with Crippen LogP contribution in [0.4, 0.5) is 5.69 Å². The van der Waals surface area contributed by atoms with Gasteiger partial charge in [-0.15, -0.1) is 0 Å². The number of hydrogen-bond acceptors (Lipinski definition) is 5. The second-order valence-electron chi connectivity index (χ2n) is 5.24. The van der Waals surface area contributed by atoms with Gasteiger partial charge in [0.1, 0.15) is 11.0 Å². The van der Waals surface area contributed by atoms with E-state index in [9.17, 15) is 9.59 Å². The van der Waals surface area contributed by atoms with Crippen LogP contribution in [0, 0.1) is 0 Å². The number of hydrogen-bond donors (Lipinski definition) is 2. The number of nitrogens with zero attached hydrogens (tertiary/aromatic N) is 1. The van der Waals surface area contributed by atoms with Crippen molar-refractivity contribution >= 4 is 34.4 Å². The summed E-state index contributed by atoms with van der Waals surface area (Å²) in [7, 11) is 1.54. The van der Waals surface area contributed by atoms with Gasteiger partial charge >= 0.3 is 0 Å². The van der Waals surface area contributed by atoms with Gasteiger partial charge in [0.2, 0.25) is 11.8 Å². The first-order chi connectivity index (χ1) is 11.0. The lowest BCUT2D eigenvalue weighted by Crippen LogP contribution is -2.28. The van der Waals surface area contributed by atoms with Crippen LogP contribution >= 0.6 is 11.8 Å². The zero-order chi connectivity index (χ0) is 16.8. The van der Waals surface area contributed by atoms with Gasteiger partial charge in [-0.1, -0.05) is 30.8 Å². The molecule has 1 aromatic carbocycles. The summed E-state index contributed by atoms with van der Waals surface area (Å²) in [5.41, 5.74) is 0.594. The monoisotopic (exact) mass is 335 g/mol. The highest BCUT2D eigenvalue weighted by molar-refractivity contribution is 8.15. The van der Waals surface area contributed by atoms with Crippen LogP contribution in [-0.2, 0) is 9.59 Å². The smallest absolute Gasteiger partial charge is 0.240 e. The summed E-state index contributed by atoms with van der Waals surface area (Å²) in [5.74, 6) is 0.183. The Hall–Kier alpha value is -2.02. The summed E-state index contributed by atoms with van der Waals surface area (Å²) < 4.78 is 5.19. The van der Waals surface area contributed by atoms with E-state index in [-0.39, 0.29) is 24.3 Å². The number of ether oxygens (including phenoxy) is 1. The number of rotatable bonds is 6. The maximum Gasteiger partial charge on any atom is 0.240 e. The van der Waals surface area contributed by atoms with Crippen LogP contribution < -0.4 is 15.4 Å². The topological polar surface area (TPSA) is 79.8 Å². The second-order valence-corrected chi connectivity index (χ2v) is 6.43. The average Bonchev–Trinajstić information content (AvgIpc) is 2.86. The lowest BCUT2D eigenvalue weighted by Gasteiger charge is -2.10. The molecule has 1 heterocycles. The maximum atomic E-state index is 12.2. The van der Waals surface area contributed by atoms with Crippen molar-refractivity contribution in [2.75, 3.05) is 12.4 Å². The van der Waals surface area contributed by atoms with E-state index in [0.717, 1.165) is 6.42 Å². The Morgan fingerprint density at radius 3 is 2.91 bits per heavy atom. The molecule has 1 aliphatic heterocycles. The zero-order valence-electron chi connectivity index (χ0n) is 13.5. The lowest BCUT2D eigenvalue weighted by molar-refractivity contribution is -0.122. The van der Waals surface area contributed by atoms with Gasteiger partial charge in [0, 0.05) is 12.5 Å². The van der Waals surface area contributed by atoms with Gasteiger partial charge in [-0.2, -0.15) is 0 Å².